The molecule has 1 aliphatic carbocycles. The first-order chi connectivity index (χ1) is 10.7. The van der Waals surface area contributed by atoms with Crippen LogP contribution in [0, 0.1) is 5.92 Å². The van der Waals surface area contributed by atoms with Crippen molar-refractivity contribution in [1.29, 1.82) is 0 Å². The number of amides is 1. The quantitative estimate of drug-likeness (QED) is 0.846. The summed E-state index contributed by atoms with van der Waals surface area (Å²) in [5.74, 6) is 1.33. The van der Waals surface area contributed by atoms with Gasteiger partial charge in [0.25, 0.3) is 0 Å². The maximum atomic E-state index is 12.7. The van der Waals surface area contributed by atoms with Gasteiger partial charge in [-0.05, 0) is 57.9 Å². The largest absolute Gasteiger partial charge is 0.341 e. The maximum Gasteiger partial charge on any atom is 0.239 e. The fraction of sp³-hybridized carbons (Fsp3) is 0.944. The maximum absolute atomic E-state index is 12.7. The topological polar surface area (TPSA) is 35.6 Å². The molecule has 4 nitrogen and oxygen atoms in total. The lowest BCUT2D eigenvalue weighted by Gasteiger charge is -2.37. The smallest absolute Gasteiger partial charge is 0.239 e. The second-order valence-electron chi connectivity index (χ2n) is 7.58. The minimum absolute atomic E-state index is 0.0717. The zero-order valence-electron chi connectivity index (χ0n) is 14.2. The van der Waals surface area contributed by atoms with E-state index in [-0.39, 0.29) is 6.04 Å². The van der Waals surface area contributed by atoms with Crippen LogP contribution in [0.2, 0.25) is 0 Å². The van der Waals surface area contributed by atoms with E-state index in [1.165, 1.54) is 57.9 Å². The summed E-state index contributed by atoms with van der Waals surface area (Å²) in [4.78, 5) is 17.2. The van der Waals surface area contributed by atoms with Gasteiger partial charge in [-0.15, -0.1) is 0 Å². The van der Waals surface area contributed by atoms with Gasteiger partial charge in [0.05, 0.1) is 6.04 Å². The summed E-state index contributed by atoms with van der Waals surface area (Å²) in [5, 5.41) is 3.72. The molecule has 1 amide bonds. The van der Waals surface area contributed by atoms with Gasteiger partial charge >= 0.3 is 0 Å². The van der Waals surface area contributed by atoms with Crippen molar-refractivity contribution in [3.05, 3.63) is 0 Å². The van der Waals surface area contributed by atoms with E-state index >= 15 is 0 Å². The van der Waals surface area contributed by atoms with Crippen molar-refractivity contribution in [3.8, 4) is 0 Å². The third kappa shape index (κ3) is 4.45. The Morgan fingerprint density at radius 3 is 2.23 bits per heavy atom. The van der Waals surface area contributed by atoms with Crippen molar-refractivity contribution in [2.45, 2.75) is 70.4 Å². The van der Waals surface area contributed by atoms with Crippen LogP contribution in [0.5, 0.6) is 0 Å². The first-order valence-corrected chi connectivity index (χ1v) is 9.50. The van der Waals surface area contributed by atoms with Crippen LogP contribution in [0.3, 0.4) is 0 Å². The highest BCUT2D eigenvalue weighted by atomic mass is 16.2. The van der Waals surface area contributed by atoms with Crippen molar-refractivity contribution in [2.24, 2.45) is 5.92 Å². The number of hydrogen-bond acceptors (Lipinski definition) is 3. The van der Waals surface area contributed by atoms with E-state index in [9.17, 15) is 4.79 Å². The summed E-state index contributed by atoms with van der Waals surface area (Å²) in [7, 11) is 0. The summed E-state index contributed by atoms with van der Waals surface area (Å²) in [6, 6.07) is 0.750. The molecule has 0 aromatic rings. The predicted molar refractivity (Wildman–Crippen MR) is 89.8 cm³/mol. The number of piperidine rings is 1. The lowest BCUT2D eigenvalue weighted by atomic mass is 10.0. The fourth-order valence-corrected chi connectivity index (χ4v) is 3.86. The molecule has 0 aromatic heterocycles. The van der Waals surface area contributed by atoms with E-state index in [0.717, 1.165) is 32.1 Å². The average Bonchev–Trinajstić information content (AvgIpc) is 3.38. The molecule has 0 radical (unpaired) electrons. The van der Waals surface area contributed by atoms with E-state index in [2.05, 4.69) is 22.0 Å². The molecule has 1 N–H and O–H groups in total. The number of rotatable bonds is 5. The number of carbonyl (C=O) groups excluding carboxylic acids is 1. The minimum Gasteiger partial charge on any atom is -0.341 e. The van der Waals surface area contributed by atoms with Gasteiger partial charge in [-0.3, -0.25) is 9.69 Å². The Kier molecular flexibility index (Phi) is 5.75. The molecule has 2 saturated heterocycles. The van der Waals surface area contributed by atoms with Crippen molar-refractivity contribution >= 4 is 5.91 Å². The highest BCUT2D eigenvalue weighted by molar-refractivity contribution is 5.81. The Morgan fingerprint density at radius 2 is 1.64 bits per heavy atom. The normalized spacial score (nSPS) is 26.7. The molecule has 3 aliphatic rings. The molecule has 4 heteroatoms. The summed E-state index contributed by atoms with van der Waals surface area (Å²) < 4.78 is 0. The first kappa shape index (κ1) is 16.3. The zero-order valence-corrected chi connectivity index (χ0v) is 14.2. The monoisotopic (exact) mass is 307 g/mol. The number of carbonyl (C=O) groups is 1. The highest BCUT2D eigenvalue weighted by Gasteiger charge is 2.30. The molecular weight excluding hydrogens is 274 g/mol. The lowest BCUT2D eigenvalue weighted by Crippen LogP contribution is -2.52. The second-order valence-corrected chi connectivity index (χ2v) is 7.58. The van der Waals surface area contributed by atoms with Crippen molar-refractivity contribution < 1.29 is 4.79 Å². The molecule has 2 aliphatic heterocycles. The number of nitrogens with zero attached hydrogens (tertiary/aromatic N) is 2. The van der Waals surface area contributed by atoms with Gasteiger partial charge in [0, 0.05) is 32.2 Å². The van der Waals surface area contributed by atoms with Gasteiger partial charge in [0.2, 0.25) is 5.91 Å². The third-order valence-corrected chi connectivity index (χ3v) is 5.74. The van der Waals surface area contributed by atoms with Gasteiger partial charge in [-0.2, -0.15) is 0 Å². The van der Waals surface area contributed by atoms with E-state index in [1.54, 1.807) is 0 Å². The Bertz CT molecular complexity index is 353. The van der Waals surface area contributed by atoms with Crippen LogP contribution >= 0.6 is 0 Å². The molecular formula is C18H33N3O. The van der Waals surface area contributed by atoms with E-state index in [0.29, 0.717) is 11.9 Å². The number of likely N-dealkylation sites (tertiary alicyclic amines) is 2. The van der Waals surface area contributed by atoms with Crippen molar-refractivity contribution in [2.75, 3.05) is 32.7 Å². The van der Waals surface area contributed by atoms with Crippen LogP contribution in [-0.2, 0) is 4.79 Å². The Hall–Kier alpha value is -0.610. The molecule has 0 bridgehead atoms. The van der Waals surface area contributed by atoms with Crippen LogP contribution in [0.15, 0.2) is 0 Å². The van der Waals surface area contributed by atoms with Gasteiger partial charge in [0.15, 0.2) is 0 Å². The molecule has 1 saturated carbocycles. The number of hydrogen-bond donors (Lipinski definition) is 1. The molecule has 1 atom stereocenters. The molecule has 3 rings (SSSR count). The molecule has 126 valence electrons. The standard InChI is InChI=1S/C18H33N3O/c1-15(18(22)21-10-4-2-3-5-11-21)20-12-8-17(9-13-20)19-14-16-6-7-16/h15-17,19H,2-14H2,1H3. The average molecular weight is 307 g/mol. The number of nitrogens with one attached hydrogen (secondary N) is 1. The summed E-state index contributed by atoms with van der Waals surface area (Å²) >= 11 is 0. The first-order valence-electron chi connectivity index (χ1n) is 9.50. The lowest BCUT2D eigenvalue weighted by molar-refractivity contribution is -0.136. The predicted octanol–water partition coefficient (Wildman–Crippen LogP) is 2.24. The van der Waals surface area contributed by atoms with Crippen LogP contribution in [0.25, 0.3) is 0 Å². The van der Waals surface area contributed by atoms with Gasteiger partial charge in [0.1, 0.15) is 0 Å². The Labute approximate surface area is 135 Å². The van der Waals surface area contributed by atoms with Crippen molar-refractivity contribution in [1.82, 2.24) is 15.1 Å². The SMILES string of the molecule is CC(C(=O)N1CCCCCC1)N1CCC(NCC2CC2)CC1. The molecule has 0 spiro atoms. The second kappa shape index (κ2) is 7.78. The van der Waals surface area contributed by atoms with Crippen molar-refractivity contribution in [3.63, 3.8) is 0 Å². The molecule has 0 aromatic carbocycles. The highest BCUT2D eigenvalue weighted by Crippen LogP contribution is 2.28. The van der Waals surface area contributed by atoms with Gasteiger partial charge in [-0.1, -0.05) is 12.8 Å². The van der Waals surface area contributed by atoms with Gasteiger partial charge < -0.3 is 10.2 Å². The van der Waals surface area contributed by atoms with E-state index < -0.39 is 0 Å². The summed E-state index contributed by atoms with van der Waals surface area (Å²) in [5.41, 5.74) is 0. The Balaban J connectivity index is 1.41. The van der Waals surface area contributed by atoms with Crippen LogP contribution in [0.1, 0.15) is 58.3 Å². The molecule has 3 fully saturated rings. The molecule has 1 unspecified atom stereocenters. The summed E-state index contributed by atoms with van der Waals surface area (Å²) in [6.07, 6.45) is 10.2. The van der Waals surface area contributed by atoms with E-state index in [1.807, 2.05) is 0 Å². The zero-order chi connectivity index (χ0) is 15.4. The van der Waals surface area contributed by atoms with Crippen LogP contribution < -0.4 is 5.32 Å². The Morgan fingerprint density at radius 1 is 1.00 bits per heavy atom. The molecule has 22 heavy (non-hydrogen) atoms. The summed E-state index contributed by atoms with van der Waals surface area (Å²) in [6.45, 7) is 7.43. The van der Waals surface area contributed by atoms with Crippen LogP contribution in [-0.4, -0.2) is 60.5 Å². The van der Waals surface area contributed by atoms with E-state index in [4.69, 9.17) is 0 Å². The van der Waals surface area contributed by atoms with Crippen LogP contribution in [0.4, 0.5) is 0 Å². The molecule has 2 heterocycles. The minimum atomic E-state index is 0.0717. The fourth-order valence-electron chi connectivity index (χ4n) is 3.86. The third-order valence-electron chi connectivity index (χ3n) is 5.74. The van der Waals surface area contributed by atoms with Gasteiger partial charge in [-0.25, -0.2) is 0 Å².